The third-order valence-electron chi connectivity index (χ3n) is 2.12. The minimum Gasteiger partial charge on any atom is -0.475 e. The first-order valence-corrected chi connectivity index (χ1v) is 4.65. The van der Waals surface area contributed by atoms with E-state index in [1.807, 2.05) is 6.07 Å². The van der Waals surface area contributed by atoms with Gasteiger partial charge >= 0.3 is 5.97 Å². The van der Waals surface area contributed by atoms with Gasteiger partial charge in [-0.2, -0.15) is 5.26 Å². The van der Waals surface area contributed by atoms with Crippen LogP contribution in [0.4, 0.5) is 0 Å². The summed E-state index contributed by atoms with van der Waals surface area (Å²) in [6.45, 7) is 0. The normalized spacial score (nSPS) is 10.2. The Hall–Kier alpha value is -2.42. The molecule has 0 fully saturated rings. The predicted molar refractivity (Wildman–Crippen MR) is 53.9 cm³/mol. The minimum absolute atomic E-state index is 0.0757. The Morgan fingerprint density at radius 3 is 3.12 bits per heavy atom. The first-order chi connectivity index (χ1) is 7.72. The second kappa shape index (κ2) is 3.98. The van der Waals surface area contributed by atoms with Crippen molar-refractivity contribution >= 4 is 11.6 Å². The monoisotopic (exact) mass is 216 g/mol. The highest BCUT2D eigenvalue weighted by Gasteiger charge is 2.11. The summed E-state index contributed by atoms with van der Waals surface area (Å²) >= 11 is 0. The Morgan fingerprint density at radius 2 is 2.44 bits per heavy atom. The molecule has 2 heterocycles. The number of fused-ring (bicyclic) bond motifs is 1. The molecule has 2 aromatic heterocycles. The molecule has 1 N–H and O–H groups in total. The highest BCUT2D eigenvalue weighted by atomic mass is 16.4. The fourth-order valence-electron chi connectivity index (χ4n) is 1.43. The van der Waals surface area contributed by atoms with Gasteiger partial charge in [-0.05, 0) is 6.07 Å². The molecule has 0 aromatic carbocycles. The lowest BCUT2D eigenvalue weighted by molar-refractivity contribution is 0.0681. The van der Waals surface area contributed by atoms with Crippen LogP contribution in [-0.4, -0.2) is 25.4 Å². The Balaban J connectivity index is 2.49. The van der Waals surface area contributed by atoms with Gasteiger partial charge in [-0.3, -0.25) is 4.40 Å². The van der Waals surface area contributed by atoms with Crippen molar-refractivity contribution in [2.75, 3.05) is 0 Å². The van der Waals surface area contributed by atoms with Gasteiger partial charge in [0.2, 0.25) is 5.82 Å². The van der Waals surface area contributed by atoms with E-state index in [0.717, 1.165) is 0 Å². The van der Waals surface area contributed by atoms with Crippen LogP contribution < -0.4 is 0 Å². The maximum atomic E-state index is 10.9. The number of imidazole rings is 1. The molecular weight excluding hydrogens is 208 g/mol. The molecule has 0 aliphatic rings. The standard InChI is InChI=1S/C10H8N4O2/c11-4-1-2-7-6-14-8(13-7)3-5-12-9(14)10(15)16/h3,5-6H,1-2H2,(H,15,16). The SMILES string of the molecule is N#CCCc1cn2c(C(=O)O)nccc2n1. The summed E-state index contributed by atoms with van der Waals surface area (Å²) in [4.78, 5) is 18.8. The Morgan fingerprint density at radius 1 is 1.62 bits per heavy atom. The average Bonchev–Trinajstić information content (AvgIpc) is 2.68. The summed E-state index contributed by atoms with van der Waals surface area (Å²) < 4.78 is 1.41. The topological polar surface area (TPSA) is 91.3 Å². The third-order valence-corrected chi connectivity index (χ3v) is 2.12. The molecule has 0 amide bonds. The van der Waals surface area contributed by atoms with Gasteiger partial charge in [0.1, 0.15) is 5.65 Å². The first kappa shape index (κ1) is 10.1. The predicted octanol–water partition coefficient (Wildman–Crippen LogP) is 0.884. The molecule has 6 heteroatoms. The van der Waals surface area contributed by atoms with Gasteiger partial charge < -0.3 is 5.11 Å². The van der Waals surface area contributed by atoms with Gasteiger partial charge in [0.15, 0.2) is 0 Å². The number of rotatable bonds is 3. The van der Waals surface area contributed by atoms with Gasteiger partial charge in [0.05, 0.1) is 11.8 Å². The van der Waals surface area contributed by atoms with E-state index in [0.29, 0.717) is 24.2 Å². The van der Waals surface area contributed by atoms with Gasteiger partial charge in [-0.15, -0.1) is 0 Å². The molecule has 16 heavy (non-hydrogen) atoms. The van der Waals surface area contributed by atoms with Crippen molar-refractivity contribution in [2.45, 2.75) is 12.8 Å². The highest BCUT2D eigenvalue weighted by molar-refractivity contribution is 5.84. The molecular formula is C10H8N4O2. The number of carbonyl (C=O) groups is 1. The highest BCUT2D eigenvalue weighted by Crippen LogP contribution is 2.08. The zero-order chi connectivity index (χ0) is 11.5. The van der Waals surface area contributed by atoms with Crippen LogP contribution in [0.2, 0.25) is 0 Å². The zero-order valence-corrected chi connectivity index (χ0v) is 8.29. The number of hydrogen-bond acceptors (Lipinski definition) is 4. The van der Waals surface area contributed by atoms with E-state index < -0.39 is 5.97 Å². The fourth-order valence-corrected chi connectivity index (χ4v) is 1.43. The summed E-state index contributed by atoms with van der Waals surface area (Å²) in [6.07, 6.45) is 3.87. The maximum absolute atomic E-state index is 10.9. The van der Waals surface area contributed by atoms with Gasteiger partial charge in [-0.25, -0.2) is 14.8 Å². The van der Waals surface area contributed by atoms with E-state index in [1.165, 1.54) is 10.6 Å². The van der Waals surface area contributed by atoms with Crippen molar-refractivity contribution in [1.82, 2.24) is 14.4 Å². The van der Waals surface area contributed by atoms with Crippen LogP contribution in [-0.2, 0) is 6.42 Å². The molecule has 0 aliphatic heterocycles. The smallest absolute Gasteiger partial charge is 0.372 e. The molecule has 80 valence electrons. The average molecular weight is 216 g/mol. The van der Waals surface area contributed by atoms with Gasteiger partial charge in [-0.1, -0.05) is 0 Å². The van der Waals surface area contributed by atoms with Crippen LogP contribution in [0.15, 0.2) is 18.5 Å². The lowest BCUT2D eigenvalue weighted by Gasteiger charge is -1.96. The Labute approximate surface area is 90.8 Å². The number of hydrogen-bond donors (Lipinski definition) is 1. The van der Waals surface area contributed by atoms with Gasteiger partial charge in [0, 0.05) is 25.2 Å². The van der Waals surface area contributed by atoms with E-state index in [9.17, 15) is 4.79 Å². The van der Waals surface area contributed by atoms with Gasteiger partial charge in [0.25, 0.3) is 0 Å². The van der Waals surface area contributed by atoms with Crippen molar-refractivity contribution < 1.29 is 9.90 Å². The van der Waals surface area contributed by atoms with Crippen LogP contribution in [0.5, 0.6) is 0 Å². The van der Waals surface area contributed by atoms with Crippen molar-refractivity contribution in [2.24, 2.45) is 0 Å². The molecule has 0 atom stereocenters. The summed E-state index contributed by atoms with van der Waals surface area (Å²) in [5.74, 6) is -1.18. The van der Waals surface area contributed by atoms with E-state index in [2.05, 4.69) is 9.97 Å². The van der Waals surface area contributed by atoms with E-state index >= 15 is 0 Å². The number of carboxylic acid groups (broad SMARTS) is 1. The number of carboxylic acids is 1. The number of aromatic carboxylic acids is 1. The third kappa shape index (κ3) is 1.70. The molecule has 0 saturated carbocycles. The molecule has 0 unspecified atom stereocenters. The molecule has 0 radical (unpaired) electrons. The van der Waals surface area contributed by atoms with E-state index in [-0.39, 0.29) is 5.82 Å². The van der Waals surface area contributed by atoms with Crippen LogP contribution in [0.3, 0.4) is 0 Å². The van der Waals surface area contributed by atoms with Crippen LogP contribution in [0.25, 0.3) is 5.65 Å². The van der Waals surface area contributed by atoms with Crippen molar-refractivity contribution in [3.63, 3.8) is 0 Å². The zero-order valence-electron chi connectivity index (χ0n) is 8.29. The number of nitriles is 1. The Bertz CT molecular complexity index is 582. The Kier molecular flexibility index (Phi) is 2.52. The fraction of sp³-hybridized carbons (Fsp3) is 0.200. The summed E-state index contributed by atoms with van der Waals surface area (Å²) in [5, 5.41) is 17.4. The quantitative estimate of drug-likeness (QED) is 0.822. The largest absolute Gasteiger partial charge is 0.475 e. The van der Waals surface area contributed by atoms with E-state index in [1.54, 1.807) is 12.3 Å². The number of nitrogens with zero attached hydrogens (tertiary/aromatic N) is 4. The van der Waals surface area contributed by atoms with Crippen molar-refractivity contribution in [1.29, 1.82) is 5.26 Å². The van der Waals surface area contributed by atoms with Crippen LogP contribution >= 0.6 is 0 Å². The van der Waals surface area contributed by atoms with Crippen LogP contribution in [0.1, 0.15) is 22.7 Å². The minimum atomic E-state index is -1.10. The maximum Gasteiger partial charge on any atom is 0.372 e. The van der Waals surface area contributed by atoms with E-state index in [4.69, 9.17) is 10.4 Å². The number of aromatic nitrogens is 3. The summed E-state index contributed by atoms with van der Waals surface area (Å²) in [7, 11) is 0. The van der Waals surface area contributed by atoms with Crippen molar-refractivity contribution in [3.8, 4) is 6.07 Å². The molecule has 2 aromatic rings. The lowest BCUT2D eigenvalue weighted by Crippen LogP contribution is -2.06. The molecule has 0 bridgehead atoms. The lowest BCUT2D eigenvalue weighted by atomic mass is 10.3. The molecule has 0 spiro atoms. The van der Waals surface area contributed by atoms with Crippen molar-refractivity contribution in [3.05, 3.63) is 30.0 Å². The van der Waals surface area contributed by atoms with Crippen LogP contribution in [0, 0.1) is 11.3 Å². The molecule has 0 saturated heterocycles. The second-order valence-corrected chi connectivity index (χ2v) is 3.19. The summed E-state index contributed by atoms with van der Waals surface area (Å²) in [5.41, 5.74) is 1.22. The molecule has 0 aliphatic carbocycles. The molecule has 6 nitrogen and oxygen atoms in total. The second-order valence-electron chi connectivity index (χ2n) is 3.19. The number of aryl methyl sites for hydroxylation is 1. The molecule has 2 rings (SSSR count). The summed E-state index contributed by atoms with van der Waals surface area (Å²) in [6, 6.07) is 3.64. The first-order valence-electron chi connectivity index (χ1n) is 4.65.